The minimum absolute atomic E-state index is 0.0803. The van der Waals surface area contributed by atoms with Crippen LogP contribution >= 0.6 is 0 Å². The van der Waals surface area contributed by atoms with Crippen LogP contribution in [-0.2, 0) is 9.53 Å². The Balaban J connectivity index is 3.14. The summed E-state index contributed by atoms with van der Waals surface area (Å²) in [5, 5.41) is 0. The molecule has 0 heterocycles. The molecule has 0 aromatic rings. The zero-order valence-electron chi connectivity index (χ0n) is 14.5. The lowest BCUT2D eigenvalue weighted by Crippen LogP contribution is -1.98. The fraction of sp³-hybridized carbons (Fsp3) is 0.842. The van der Waals surface area contributed by atoms with Crippen LogP contribution in [0.5, 0.6) is 0 Å². The van der Waals surface area contributed by atoms with E-state index < -0.39 is 0 Å². The molecule has 0 radical (unpaired) electrons. The lowest BCUT2D eigenvalue weighted by atomic mass is 10.0. The molecule has 0 aliphatic carbocycles. The highest BCUT2D eigenvalue weighted by Gasteiger charge is 1.98. The maximum atomic E-state index is 10.9. The maximum absolute atomic E-state index is 10.9. The lowest BCUT2D eigenvalue weighted by molar-refractivity contribution is -0.140. The smallest absolute Gasteiger partial charge is 0.305 e. The number of ether oxygens (including phenoxy) is 1. The Labute approximate surface area is 132 Å². The van der Waals surface area contributed by atoms with Crippen molar-refractivity contribution in [3.05, 3.63) is 12.2 Å². The number of allylic oxidation sites excluding steroid dienone is 2. The summed E-state index contributed by atoms with van der Waals surface area (Å²) in [5.41, 5.74) is 0. The van der Waals surface area contributed by atoms with Gasteiger partial charge in [-0.2, -0.15) is 0 Å². The molecule has 0 N–H and O–H groups in total. The number of esters is 1. The highest BCUT2D eigenvalue weighted by molar-refractivity contribution is 5.68. The standard InChI is InChI=1S/C19H36O2/c1-18(2)16-14-12-10-8-6-4-5-7-9-11-13-15-17-19(20)21-3/h4-5,18H,6-17H2,1-3H3/b5-4-. The van der Waals surface area contributed by atoms with E-state index in [1.165, 1.54) is 64.9 Å². The van der Waals surface area contributed by atoms with E-state index in [2.05, 4.69) is 30.7 Å². The Morgan fingerprint density at radius 3 is 1.90 bits per heavy atom. The predicted octanol–water partition coefficient (Wildman–Crippen LogP) is 6.05. The van der Waals surface area contributed by atoms with Crippen molar-refractivity contribution in [2.75, 3.05) is 7.11 Å². The first-order valence-corrected chi connectivity index (χ1v) is 8.88. The van der Waals surface area contributed by atoms with E-state index in [-0.39, 0.29) is 5.97 Å². The second-order valence-electron chi connectivity index (χ2n) is 6.39. The number of rotatable bonds is 14. The van der Waals surface area contributed by atoms with Crippen LogP contribution in [0.25, 0.3) is 0 Å². The van der Waals surface area contributed by atoms with Crippen LogP contribution in [0, 0.1) is 5.92 Å². The lowest BCUT2D eigenvalue weighted by Gasteiger charge is -2.03. The van der Waals surface area contributed by atoms with Gasteiger partial charge < -0.3 is 4.74 Å². The summed E-state index contributed by atoms with van der Waals surface area (Å²) >= 11 is 0. The van der Waals surface area contributed by atoms with Crippen LogP contribution in [0.4, 0.5) is 0 Å². The number of hydrogen-bond acceptors (Lipinski definition) is 2. The number of carbonyl (C=O) groups is 1. The van der Waals surface area contributed by atoms with Crippen LogP contribution in [0.1, 0.15) is 90.9 Å². The van der Waals surface area contributed by atoms with Gasteiger partial charge in [-0.25, -0.2) is 0 Å². The summed E-state index contributed by atoms with van der Waals surface area (Å²) in [4.78, 5) is 10.9. The minimum atomic E-state index is -0.0803. The van der Waals surface area contributed by atoms with Crippen molar-refractivity contribution in [1.29, 1.82) is 0 Å². The van der Waals surface area contributed by atoms with E-state index in [4.69, 9.17) is 0 Å². The molecule has 0 bridgehead atoms. The van der Waals surface area contributed by atoms with Crippen LogP contribution in [-0.4, -0.2) is 13.1 Å². The van der Waals surface area contributed by atoms with Gasteiger partial charge in [-0.1, -0.05) is 64.5 Å². The minimum Gasteiger partial charge on any atom is -0.469 e. The molecule has 124 valence electrons. The summed E-state index contributed by atoms with van der Waals surface area (Å²) < 4.78 is 4.62. The van der Waals surface area contributed by atoms with Gasteiger partial charge in [0.25, 0.3) is 0 Å². The Bertz CT molecular complexity index is 256. The molecule has 0 amide bonds. The monoisotopic (exact) mass is 296 g/mol. The van der Waals surface area contributed by atoms with Gasteiger partial charge in [0, 0.05) is 6.42 Å². The number of unbranched alkanes of at least 4 members (excludes halogenated alkanes) is 8. The molecule has 2 nitrogen and oxygen atoms in total. The van der Waals surface area contributed by atoms with E-state index in [9.17, 15) is 4.79 Å². The Morgan fingerprint density at radius 2 is 1.38 bits per heavy atom. The summed E-state index contributed by atoms with van der Waals surface area (Å²) in [6, 6.07) is 0. The van der Waals surface area contributed by atoms with E-state index in [0.29, 0.717) is 6.42 Å². The van der Waals surface area contributed by atoms with Crippen molar-refractivity contribution in [3.8, 4) is 0 Å². The molecule has 0 saturated carbocycles. The normalized spacial score (nSPS) is 11.4. The zero-order valence-corrected chi connectivity index (χ0v) is 14.5. The number of methoxy groups -OCH3 is 1. The second kappa shape index (κ2) is 15.6. The van der Waals surface area contributed by atoms with Crippen LogP contribution in [0.15, 0.2) is 12.2 Å². The summed E-state index contributed by atoms with van der Waals surface area (Å²) in [6.45, 7) is 4.61. The van der Waals surface area contributed by atoms with Gasteiger partial charge in [0.05, 0.1) is 7.11 Å². The van der Waals surface area contributed by atoms with Gasteiger partial charge in [-0.3, -0.25) is 4.79 Å². The summed E-state index contributed by atoms with van der Waals surface area (Å²) in [7, 11) is 1.46. The first-order valence-electron chi connectivity index (χ1n) is 8.88. The molecule has 0 aliphatic rings. The van der Waals surface area contributed by atoms with Gasteiger partial charge in [-0.05, 0) is 38.0 Å². The van der Waals surface area contributed by atoms with E-state index in [0.717, 1.165) is 18.8 Å². The molecule has 0 aliphatic heterocycles. The van der Waals surface area contributed by atoms with Gasteiger partial charge in [-0.15, -0.1) is 0 Å². The number of hydrogen-bond donors (Lipinski definition) is 0. The molecule has 21 heavy (non-hydrogen) atoms. The Kier molecular flexibility index (Phi) is 15.0. The molecule has 0 fully saturated rings. The van der Waals surface area contributed by atoms with Gasteiger partial charge >= 0.3 is 5.97 Å². The average molecular weight is 296 g/mol. The molecule has 0 saturated heterocycles. The van der Waals surface area contributed by atoms with Gasteiger partial charge in [0.15, 0.2) is 0 Å². The third-order valence-electron chi connectivity index (χ3n) is 3.80. The highest BCUT2D eigenvalue weighted by Crippen LogP contribution is 2.11. The molecule has 0 aromatic carbocycles. The first kappa shape index (κ1) is 20.2. The number of carbonyl (C=O) groups excluding carboxylic acids is 1. The van der Waals surface area contributed by atoms with Crippen molar-refractivity contribution < 1.29 is 9.53 Å². The molecule has 0 atom stereocenters. The molecule has 0 aromatic heterocycles. The Hall–Kier alpha value is -0.790. The summed E-state index contributed by atoms with van der Waals surface area (Å²) in [6.07, 6.45) is 19.1. The van der Waals surface area contributed by atoms with Crippen LogP contribution in [0.2, 0.25) is 0 Å². The maximum Gasteiger partial charge on any atom is 0.305 e. The second-order valence-corrected chi connectivity index (χ2v) is 6.39. The zero-order chi connectivity index (χ0) is 15.8. The third kappa shape index (κ3) is 17.2. The molecular weight excluding hydrogens is 260 g/mol. The average Bonchev–Trinajstić information content (AvgIpc) is 2.46. The molecular formula is C19H36O2. The quantitative estimate of drug-likeness (QED) is 0.221. The van der Waals surface area contributed by atoms with Crippen molar-refractivity contribution >= 4 is 5.97 Å². The van der Waals surface area contributed by atoms with E-state index in [1.54, 1.807) is 0 Å². The topological polar surface area (TPSA) is 26.3 Å². The third-order valence-corrected chi connectivity index (χ3v) is 3.80. The van der Waals surface area contributed by atoms with Crippen molar-refractivity contribution in [1.82, 2.24) is 0 Å². The first-order chi connectivity index (χ1) is 10.2. The molecule has 0 unspecified atom stereocenters. The molecule has 0 rings (SSSR count). The fourth-order valence-corrected chi connectivity index (χ4v) is 2.39. The van der Waals surface area contributed by atoms with Crippen molar-refractivity contribution in [3.63, 3.8) is 0 Å². The van der Waals surface area contributed by atoms with E-state index >= 15 is 0 Å². The van der Waals surface area contributed by atoms with E-state index in [1.807, 2.05) is 0 Å². The highest BCUT2D eigenvalue weighted by atomic mass is 16.5. The van der Waals surface area contributed by atoms with Gasteiger partial charge in [0.1, 0.15) is 0 Å². The van der Waals surface area contributed by atoms with Crippen LogP contribution in [0.3, 0.4) is 0 Å². The van der Waals surface area contributed by atoms with Crippen molar-refractivity contribution in [2.24, 2.45) is 5.92 Å². The molecule has 0 spiro atoms. The van der Waals surface area contributed by atoms with Crippen molar-refractivity contribution in [2.45, 2.75) is 90.9 Å². The predicted molar refractivity (Wildman–Crippen MR) is 91.4 cm³/mol. The summed E-state index contributed by atoms with van der Waals surface area (Å²) in [5.74, 6) is 0.779. The largest absolute Gasteiger partial charge is 0.469 e. The molecule has 2 heteroatoms. The van der Waals surface area contributed by atoms with Crippen LogP contribution < -0.4 is 0 Å². The fourth-order valence-electron chi connectivity index (χ4n) is 2.39. The SMILES string of the molecule is COC(=O)CCCCCC/C=C\CCCCCCC(C)C. The van der Waals surface area contributed by atoms with Gasteiger partial charge in [0.2, 0.25) is 0 Å². The Morgan fingerprint density at radius 1 is 0.857 bits per heavy atom.